The van der Waals surface area contributed by atoms with Crippen molar-refractivity contribution in [1.29, 1.82) is 0 Å². The van der Waals surface area contributed by atoms with E-state index < -0.39 is 5.97 Å². The number of nitrogens with one attached hydrogen (secondary N) is 1. The number of ether oxygens (including phenoxy) is 4. The number of hydrogen-bond donors (Lipinski definition) is 2. The molecule has 0 aliphatic heterocycles. The maximum atomic E-state index is 11.7. The molecule has 1 atom stereocenters. The number of rotatable bonds is 13. The molecule has 7 heteroatoms. The summed E-state index contributed by atoms with van der Waals surface area (Å²) in [5.74, 6) is 2.16. The highest BCUT2D eigenvalue weighted by atomic mass is 16.5. The lowest BCUT2D eigenvalue weighted by atomic mass is 9.67. The highest BCUT2D eigenvalue weighted by molar-refractivity contribution is 5.68. The normalized spacial score (nSPS) is 17.1. The Balaban J connectivity index is 1.55. The van der Waals surface area contributed by atoms with Gasteiger partial charge in [0.2, 0.25) is 0 Å². The topological polar surface area (TPSA) is 86.3 Å². The van der Waals surface area contributed by atoms with E-state index in [9.17, 15) is 9.90 Å². The van der Waals surface area contributed by atoms with Gasteiger partial charge in [0.15, 0.2) is 23.0 Å². The van der Waals surface area contributed by atoms with Crippen LogP contribution in [0.15, 0.2) is 30.3 Å². The number of benzene rings is 2. The number of carboxylic acids is 1. The molecule has 1 aliphatic carbocycles. The van der Waals surface area contributed by atoms with Gasteiger partial charge in [-0.05, 0) is 98.0 Å². The fraction of sp³-hybridized carbons (Fsp3) is 0.519. The summed E-state index contributed by atoms with van der Waals surface area (Å²) in [5.41, 5.74) is 3.34. The number of carboxylic acid groups (broad SMARTS) is 1. The lowest BCUT2D eigenvalue weighted by molar-refractivity contribution is -0.140. The Hall–Kier alpha value is -2.93. The van der Waals surface area contributed by atoms with Crippen molar-refractivity contribution in [3.05, 3.63) is 47.0 Å². The zero-order valence-corrected chi connectivity index (χ0v) is 20.7. The minimum Gasteiger partial charge on any atom is -0.493 e. The molecule has 1 unspecified atom stereocenters. The molecular weight excluding hydrogens is 434 g/mol. The third kappa shape index (κ3) is 6.35. The fourth-order valence-corrected chi connectivity index (χ4v) is 4.96. The summed E-state index contributed by atoms with van der Waals surface area (Å²) in [7, 11) is 6.55. The van der Waals surface area contributed by atoms with Gasteiger partial charge >= 0.3 is 5.97 Å². The van der Waals surface area contributed by atoms with E-state index in [0.717, 1.165) is 68.9 Å². The number of carbonyl (C=O) groups is 1. The molecule has 0 spiro atoms. The Morgan fingerprint density at radius 2 is 1.56 bits per heavy atom. The van der Waals surface area contributed by atoms with E-state index in [1.807, 2.05) is 24.3 Å². The molecular formula is C27H37NO6. The summed E-state index contributed by atoms with van der Waals surface area (Å²) >= 11 is 0. The highest BCUT2D eigenvalue weighted by Crippen LogP contribution is 2.44. The van der Waals surface area contributed by atoms with Crippen molar-refractivity contribution in [2.75, 3.05) is 41.5 Å². The van der Waals surface area contributed by atoms with E-state index >= 15 is 0 Å². The number of aliphatic carboxylic acids is 1. The summed E-state index contributed by atoms with van der Waals surface area (Å²) < 4.78 is 21.6. The number of methoxy groups -OCH3 is 4. The van der Waals surface area contributed by atoms with E-state index in [-0.39, 0.29) is 11.8 Å². The molecule has 0 saturated heterocycles. The Labute approximate surface area is 202 Å². The Morgan fingerprint density at radius 3 is 2.21 bits per heavy atom. The summed E-state index contributed by atoms with van der Waals surface area (Å²) in [6.07, 6.45) is 5.36. The third-order valence-electron chi connectivity index (χ3n) is 6.82. The molecule has 186 valence electrons. The van der Waals surface area contributed by atoms with Crippen LogP contribution in [-0.2, 0) is 24.1 Å². The van der Waals surface area contributed by atoms with Crippen LogP contribution in [-0.4, -0.2) is 52.6 Å². The van der Waals surface area contributed by atoms with Gasteiger partial charge in [-0.15, -0.1) is 0 Å². The van der Waals surface area contributed by atoms with Crippen molar-refractivity contribution in [1.82, 2.24) is 5.32 Å². The van der Waals surface area contributed by atoms with Crippen LogP contribution >= 0.6 is 0 Å². The molecule has 2 aromatic rings. The SMILES string of the molecule is COc1ccc(CCCNCCC2(CC(=O)O)CCc3cc(OC)c(OC)cc3C2)cc1OC. The molecule has 2 N–H and O–H groups in total. The minimum atomic E-state index is -0.739. The standard InChI is InChI=1S/C27H37NO6/c1-31-22-8-7-19(14-23(22)32-2)6-5-12-28-13-11-27(18-26(29)30)10-9-20-15-24(33-3)25(34-4)16-21(20)17-27/h7-8,14-16,28H,5-6,9-13,17-18H2,1-4H3,(H,29,30). The Bertz CT molecular complexity index is 976. The van der Waals surface area contributed by atoms with E-state index in [1.165, 1.54) is 16.7 Å². The molecule has 1 aliphatic rings. The van der Waals surface area contributed by atoms with Crippen LogP contribution in [0.5, 0.6) is 23.0 Å². The molecule has 2 aromatic carbocycles. The first-order valence-electron chi connectivity index (χ1n) is 11.8. The first kappa shape index (κ1) is 25.7. The maximum Gasteiger partial charge on any atom is 0.303 e. The smallest absolute Gasteiger partial charge is 0.303 e. The second-order valence-electron chi connectivity index (χ2n) is 9.02. The predicted octanol–water partition coefficient (Wildman–Crippen LogP) is 4.28. The largest absolute Gasteiger partial charge is 0.493 e. The van der Waals surface area contributed by atoms with Crippen molar-refractivity contribution in [2.24, 2.45) is 5.41 Å². The van der Waals surface area contributed by atoms with Crippen LogP contribution in [0.4, 0.5) is 0 Å². The summed E-state index contributed by atoms with van der Waals surface area (Å²) in [6.45, 7) is 1.67. The van der Waals surface area contributed by atoms with Crippen molar-refractivity contribution in [3.63, 3.8) is 0 Å². The lowest BCUT2D eigenvalue weighted by Gasteiger charge is -2.38. The van der Waals surface area contributed by atoms with Crippen LogP contribution in [0.3, 0.4) is 0 Å². The average Bonchev–Trinajstić information content (AvgIpc) is 2.84. The van der Waals surface area contributed by atoms with Crippen LogP contribution in [0.25, 0.3) is 0 Å². The summed E-state index contributed by atoms with van der Waals surface area (Å²) in [4.78, 5) is 11.7. The quantitative estimate of drug-likeness (QED) is 0.422. The molecule has 0 radical (unpaired) electrons. The van der Waals surface area contributed by atoms with E-state index in [2.05, 4.69) is 11.4 Å². The van der Waals surface area contributed by atoms with E-state index in [4.69, 9.17) is 18.9 Å². The molecule has 34 heavy (non-hydrogen) atoms. The number of hydrogen-bond acceptors (Lipinski definition) is 6. The number of fused-ring (bicyclic) bond motifs is 1. The molecule has 0 aromatic heterocycles. The van der Waals surface area contributed by atoms with Gasteiger partial charge in [0.05, 0.1) is 34.9 Å². The van der Waals surface area contributed by atoms with Gasteiger partial charge in [-0.3, -0.25) is 4.79 Å². The molecule has 0 saturated carbocycles. The highest BCUT2D eigenvalue weighted by Gasteiger charge is 2.36. The molecule has 3 rings (SSSR count). The van der Waals surface area contributed by atoms with Gasteiger partial charge in [-0.1, -0.05) is 6.07 Å². The zero-order chi connectivity index (χ0) is 24.6. The Kier molecular flexibility index (Phi) is 9.05. The van der Waals surface area contributed by atoms with Gasteiger partial charge < -0.3 is 29.4 Å². The number of aryl methyl sites for hydroxylation is 2. The van der Waals surface area contributed by atoms with Crippen LogP contribution < -0.4 is 24.3 Å². The van der Waals surface area contributed by atoms with Crippen molar-refractivity contribution in [3.8, 4) is 23.0 Å². The molecule has 0 amide bonds. The van der Waals surface area contributed by atoms with Crippen molar-refractivity contribution >= 4 is 5.97 Å². The van der Waals surface area contributed by atoms with Gasteiger partial charge in [0, 0.05) is 0 Å². The molecule has 0 heterocycles. The van der Waals surface area contributed by atoms with Crippen molar-refractivity contribution in [2.45, 2.75) is 44.9 Å². The molecule has 0 bridgehead atoms. The first-order valence-corrected chi connectivity index (χ1v) is 11.8. The van der Waals surface area contributed by atoms with E-state index in [0.29, 0.717) is 5.75 Å². The van der Waals surface area contributed by atoms with Crippen LogP contribution in [0.1, 0.15) is 42.4 Å². The second kappa shape index (κ2) is 12.0. The molecule has 0 fully saturated rings. The monoisotopic (exact) mass is 471 g/mol. The third-order valence-corrected chi connectivity index (χ3v) is 6.82. The molecule has 7 nitrogen and oxygen atoms in total. The first-order chi connectivity index (χ1) is 16.4. The van der Waals surface area contributed by atoms with E-state index in [1.54, 1.807) is 28.4 Å². The maximum absolute atomic E-state index is 11.7. The van der Waals surface area contributed by atoms with Gasteiger partial charge in [0.25, 0.3) is 0 Å². The van der Waals surface area contributed by atoms with Gasteiger partial charge in [-0.2, -0.15) is 0 Å². The van der Waals surface area contributed by atoms with Crippen LogP contribution in [0.2, 0.25) is 0 Å². The Morgan fingerprint density at radius 1 is 0.912 bits per heavy atom. The van der Waals surface area contributed by atoms with Crippen LogP contribution in [0, 0.1) is 5.41 Å². The van der Waals surface area contributed by atoms with Gasteiger partial charge in [0.1, 0.15) is 0 Å². The fourth-order valence-electron chi connectivity index (χ4n) is 4.96. The summed E-state index contributed by atoms with van der Waals surface area (Å²) in [6, 6.07) is 10.1. The average molecular weight is 472 g/mol. The lowest BCUT2D eigenvalue weighted by Crippen LogP contribution is -2.35. The van der Waals surface area contributed by atoms with Crippen molar-refractivity contribution < 1.29 is 28.8 Å². The summed E-state index contributed by atoms with van der Waals surface area (Å²) in [5, 5.41) is 13.1. The zero-order valence-electron chi connectivity index (χ0n) is 20.7. The minimum absolute atomic E-state index is 0.175. The second-order valence-corrected chi connectivity index (χ2v) is 9.02. The predicted molar refractivity (Wildman–Crippen MR) is 132 cm³/mol. The van der Waals surface area contributed by atoms with Gasteiger partial charge in [-0.25, -0.2) is 0 Å².